The Balaban J connectivity index is 0.467. The fourth-order valence-corrected chi connectivity index (χ4v) is 15.7. The van der Waals surface area contributed by atoms with Crippen LogP contribution >= 0.6 is 22.7 Å². The third-order valence-electron chi connectivity index (χ3n) is 19.7. The van der Waals surface area contributed by atoms with Gasteiger partial charge >= 0.3 is 11.9 Å². The molecule has 4 aliphatic heterocycles. The van der Waals surface area contributed by atoms with Crippen molar-refractivity contribution in [2.75, 3.05) is 115 Å². The van der Waals surface area contributed by atoms with Crippen LogP contribution in [-0.2, 0) is 45.6 Å². The van der Waals surface area contributed by atoms with Crippen LogP contribution in [-0.4, -0.2) is 155 Å². The smallest absolute Gasteiger partial charge is 0.307 e. The van der Waals surface area contributed by atoms with Crippen molar-refractivity contribution in [3.05, 3.63) is 164 Å². The Kier molecular flexibility index (Phi) is 21.9. The second-order valence-corrected chi connectivity index (χ2v) is 27.8. The molecule has 0 aliphatic carbocycles. The minimum absolute atomic E-state index is 0.139. The van der Waals surface area contributed by atoms with E-state index in [2.05, 4.69) is 88.7 Å². The second kappa shape index (κ2) is 31.7. The quantitative estimate of drug-likeness (QED) is 0.0336. The molecule has 18 nitrogen and oxygen atoms in total. The van der Waals surface area contributed by atoms with Crippen LogP contribution < -0.4 is 30.4 Å². The molecule has 0 unspecified atom stereocenters. The number of aromatic nitrogens is 4. The number of likely N-dealkylation sites (tertiary alicyclic amines) is 2. The summed E-state index contributed by atoms with van der Waals surface area (Å²) in [6.07, 6.45) is 13.9. The van der Waals surface area contributed by atoms with Gasteiger partial charge in [-0.25, -0.2) is 0 Å². The summed E-state index contributed by atoms with van der Waals surface area (Å²) in [6, 6.07) is 35.9. The maximum absolute atomic E-state index is 13.1. The lowest BCUT2D eigenvalue weighted by Crippen LogP contribution is -2.46. The van der Waals surface area contributed by atoms with Crippen LogP contribution in [0.2, 0.25) is 0 Å². The van der Waals surface area contributed by atoms with Gasteiger partial charge in [0.2, 0.25) is 0 Å². The molecule has 0 bridgehead atoms. The van der Waals surface area contributed by atoms with Crippen LogP contribution in [0.5, 0.6) is 11.5 Å². The summed E-state index contributed by atoms with van der Waals surface area (Å²) in [5, 5.41) is 8.83. The Morgan fingerprint density at radius 1 is 0.468 bits per heavy atom. The number of anilines is 2. The number of thiophene rings is 2. The van der Waals surface area contributed by atoms with Crippen molar-refractivity contribution in [3.8, 4) is 11.5 Å². The van der Waals surface area contributed by atoms with Gasteiger partial charge in [-0.2, -0.15) is 0 Å². The number of pyridine rings is 2. The molecular formula is C74H88N10O8S2. The third-order valence-corrected chi connectivity index (χ3v) is 21.5. The number of rotatable bonds is 28. The molecule has 0 radical (unpaired) electrons. The van der Waals surface area contributed by atoms with Crippen molar-refractivity contribution < 1.29 is 28.5 Å². The number of ether oxygens (including phenoxy) is 4. The third kappa shape index (κ3) is 16.8. The van der Waals surface area contributed by atoms with Crippen molar-refractivity contribution in [2.24, 2.45) is 11.8 Å². The summed E-state index contributed by atoms with van der Waals surface area (Å²) < 4.78 is 29.6. The maximum atomic E-state index is 13.1. The van der Waals surface area contributed by atoms with Gasteiger partial charge in [0.25, 0.3) is 11.1 Å². The van der Waals surface area contributed by atoms with Crippen LogP contribution in [0.3, 0.4) is 0 Å². The van der Waals surface area contributed by atoms with Crippen LogP contribution in [0.15, 0.2) is 142 Å². The van der Waals surface area contributed by atoms with Gasteiger partial charge in [0.05, 0.1) is 48.0 Å². The van der Waals surface area contributed by atoms with Crippen molar-refractivity contribution >= 4 is 88.0 Å². The largest absolute Gasteiger partial charge is 0.494 e. The molecule has 4 saturated heterocycles. The van der Waals surface area contributed by atoms with Gasteiger partial charge in [-0.3, -0.25) is 57.9 Å². The zero-order valence-electron chi connectivity index (χ0n) is 54.0. The molecule has 9 aromatic rings. The van der Waals surface area contributed by atoms with Crippen LogP contribution in [0.4, 0.5) is 11.4 Å². The second-order valence-electron chi connectivity index (χ2n) is 25.9. The number of carbonyl (C=O) groups excluding carboxylic acids is 2. The van der Waals surface area contributed by atoms with Gasteiger partial charge in [0.15, 0.2) is 13.5 Å². The van der Waals surface area contributed by atoms with E-state index < -0.39 is 0 Å². The lowest BCUT2D eigenvalue weighted by atomic mass is 9.92. The lowest BCUT2D eigenvalue weighted by molar-refractivity contribution is -0.148. The molecule has 0 saturated carbocycles. The summed E-state index contributed by atoms with van der Waals surface area (Å²) in [7, 11) is 0. The Morgan fingerprint density at radius 2 is 0.894 bits per heavy atom. The molecule has 94 heavy (non-hydrogen) atoms. The Bertz CT molecular complexity index is 3840. The number of esters is 2. The van der Waals surface area contributed by atoms with E-state index in [1.807, 2.05) is 48.8 Å². The van der Waals surface area contributed by atoms with Gasteiger partial charge in [0, 0.05) is 134 Å². The number of nitrogens with zero attached hydrogens (tertiary/aromatic N) is 10. The van der Waals surface area contributed by atoms with Crippen molar-refractivity contribution in [2.45, 2.75) is 104 Å². The van der Waals surface area contributed by atoms with Crippen molar-refractivity contribution in [1.82, 2.24) is 38.7 Å². The molecule has 0 spiro atoms. The lowest BCUT2D eigenvalue weighted by Gasteiger charge is -2.36. The number of benzene rings is 4. The first kappa shape index (κ1) is 65.0. The number of piperidine rings is 2. The van der Waals surface area contributed by atoms with E-state index in [1.165, 1.54) is 52.8 Å². The summed E-state index contributed by atoms with van der Waals surface area (Å²) in [6.45, 7) is 16.5. The van der Waals surface area contributed by atoms with E-state index in [4.69, 9.17) is 28.9 Å². The molecule has 0 atom stereocenters. The predicted octanol–water partition coefficient (Wildman–Crippen LogP) is 11.9. The molecule has 9 heterocycles. The van der Waals surface area contributed by atoms with Crippen LogP contribution in [0.1, 0.15) is 88.4 Å². The van der Waals surface area contributed by atoms with Crippen LogP contribution in [0.25, 0.3) is 42.0 Å². The van der Waals surface area contributed by atoms with E-state index in [0.29, 0.717) is 60.4 Å². The highest BCUT2D eigenvalue weighted by atomic mass is 32.1. The Labute approximate surface area is 558 Å². The van der Waals surface area contributed by atoms with Crippen molar-refractivity contribution in [1.29, 1.82) is 0 Å². The van der Waals surface area contributed by atoms with E-state index in [9.17, 15) is 19.2 Å². The zero-order chi connectivity index (χ0) is 64.0. The monoisotopic (exact) mass is 1310 g/mol. The molecular weight excluding hydrogens is 1220 g/mol. The average Bonchev–Trinajstić information content (AvgIpc) is 1.42. The molecule has 0 amide bonds. The number of hydrogen-bond donors (Lipinski definition) is 0. The minimum Gasteiger partial charge on any atom is -0.494 e. The predicted molar refractivity (Wildman–Crippen MR) is 376 cm³/mol. The highest BCUT2D eigenvalue weighted by Gasteiger charge is 2.25. The highest BCUT2D eigenvalue weighted by Crippen LogP contribution is 2.34. The Hall–Kier alpha value is -7.72. The highest BCUT2D eigenvalue weighted by molar-refractivity contribution is 7.17. The van der Waals surface area contributed by atoms with E-state index in [1.54, 1.807) is 34.8 Å². The first-order valence-corrected chi connectivity index (χ1v) is 35.9. The molecule has 4 aromatic carbocycles. The van der Waals surface area contributed by atoms with Gasteiger partial charge in [-0.1, -0.05) is 12.1 Å². The van der Waals surface area contributed by atoms with Gasteiger partial charge in [-0.05, 0) is 210 Å². The van der Waals surface area contributed by atoms with E-state index >= 15 is 0 Å². The van der Waals surface area contributed by atoms with Crippen molar-refractivity contribution in [3.63, 3.8) is 0 Å². The molecule has 4 aliphatic rings. The zero-order valence-corrected chi connectivity index (χ0v) is 55.7. The first-order valence-electron chi connectivity index (χ1n) is 34.1. The molecule has 4 fully saturated rings. The standard InChI is InChI=1S/C74H88N10O8S2/c85-71-19-15-57-13-17-61(89-43-3-1-29-77-35-39-81(40-36-77)65-7-5-9-69-63(65)27-45-93-69)47-67(57)83(71)53-91-73(87)21-11-55-23-31-79(32-24-55)51-59-49-76-60(50-75-59)52-80-33-25-56(26-34-80)12-22-74(88)92-54-84-68-48-62(18-14-58(68)16-20-72(84)86)90-44-4-2-30-78-37-41-82(42-38-78)66-8-6-10-70-64(66)28-46-94-70/h5-10,13-20,27-28,45-50,55-56H,1-4,11-12,21-26,29-44,51-54H2. The summed E-state index contributed by atoms with van der Waals surface area (Å²) in [5.74, 6) is 1.64. The summed E-state index contributed by atoms with van der Waals surface area (Å²) in [4.78, 5) is 76.9. The number of unbranched alkanes of at least 4 members (excludes halogenated alkanes) is 2. The molecule has 0 N–H and O–H groups in total. The fourth-order valence-electron chi connectivity index (χ4n) is 14.1. The molecule has 13 rings (SSSR count). The molecule has 20 heteroatoms. The van der Waals surface area contributed by atoms with Gasteiger partial charge in [-0.15, -0.1) is 22.7 Å². The van der Waals surface area contributed by atoms with E-state index in [-0.39, 0.29) is 36.5 Å². The Morgan fingerprint density at radius 3 is 1.32 bits per heavy atom. The first-order chi connectivity index (χ1) is 46.2. The number of fused-ring (bicyclic) bond motifs is 4. The van der Waals surface area contributed by atoms with Gasteiger partial charge in [0.1, 0.15) is 11.5 Å². The van der Waals surface area contributed by atoms with Gasteiger partial charge < -0.3 is 28.7 Å². The molecule has 494 valence electrons. The number of hydrogen-bond acceptors (Lipinski definition) is 18. The normalized spacial score (nSPS) is 16.8. The average molecular weight is 1310 g/mol. The minimum atomic E-state index is -0.298. The summed E-state index contributed by atoms with van der Waals surface area (Å²) in [5.41, 5.74) is 5.51. The van der Waals surface area contributed by atoms with E-state index in [0.717, 1.165) is 191 Å². The SMILES string of the molecule is O=C(CCC1CCN(Cc2cnc(CN3CCC(CCC(=O)OCn4c(=O)ccc5ccc(OCCCCN6CCN(c7cccc8sccc78)CC6)cc54)CC3)cn2)CC1)OCn1c(=O)ccc2ccc(OCCCCN3CCN(c4cccc5sccc45)CC3)cc21. The summed E-state index contributed by atoms with van der Waals surface area (Å²) >= 11 is 3.60. The van der Waals surface area contributed by atoms with Crippen LogP contribution in [0, 0.1) is 11.8 Å². The number of carbonyl (C=O) groups is 2. The maximum Gasteiger partial charge on any atom is 0.307 e. The fraction of sp³-hybridized carbons (Fsp3) is 0.459. The molecule has 5 aromatic heterocycles. The number of piperazine rings is 2. The topological polar surface area (TPSA) is 160 Å².